The number of carbonyl (C=O) groups excluding carboxylic acids is 1. The van der Waals surface area contributed by atoms with Gasteiger partial charge in [0.05, 0.1) is 18.2 Å². The van der Waals surface area contributed by atoms with Crippen molar-refractivity contribution in [2.45, 2.75) is 39.0 Å². The number of halogens is 1. The minimum atomic E-state index is 0.145. The van der Waals surface area contributed by atoms with Crippen LogP contribution in [-0.2, 0) is 24.1 Å². The summed E-state index contributed by atoms with van der Waals surface area (Å²) >= 11 is 6.46. The lowest BCUT2D eigenvalue weighted by atomic mass is 9.90. The molecule has 1 aromatic rings. The highest BCUT2D eigenvalue weighted by Gasteiger charge is 2.28. The molecule has 0 spiro atoms. The Morgan fingerprint density at radius 3 is 2.42 bits per heavy atom. The molecule has 4 heteroatoms. The van der Waals surface area contributed by atoms with Crippen molar-refractivity contribution >= 4 is 17.4 Å². The molecule has 1 aromatic carbocycles. The molecule has 2 aliphatic heterocycles. The first-order chi connectivity index (χ1) is 9.18. The van der Waals surface area contributed by atoms with Crippen LogP contribution < -0.4 is 9.47 Å². The molecule has 0 fully saturated rings. The minimum absolute atomic E-state index is 0.145. The lowest BCUT2D eigenvalue weighted by molar-refractivity contribution is -0.116. The van der Waals surface area contributed by atoms with Crippen molar-refractivity contribution < 1.29 is 14.3 Å². The van der Waals surface area contributed by atoms with Crippen LogP contribution in [0.15, 0.2) is 0 Å². The topological polar surface area (TPSA) is 35.5 Å². The maximum absolute atomic E-state index is 11.5. The van der Waals surface area contributed by atoms with Crippen LogP contribution in [0.4, 0.5) is 0 Å². The molecule has 0 aliphatic carbocycles. The molecule has 0 unspecified atom stereocenters. The molecular weight excluding hydrogens is 264 g/mol. The van der Waals surface area contributed by atoms with Crippen LogP contribution in [0.5, 0.6) is 11.5 Å². The summed E-state index contributed by atoms with van der Waals surface area (Å²) in [6.07, 6.45) is 4.15. The predicted octanol–water partition coefficient (Wildman–Crippen LogP) is 3.12. The number of Topliss-reactive ketones (excluding diaryl/α,β-unsaturated/α-hetero) is 1. The minimum Gasteiger partial charge on any atom is -0.493 e. The molecular formula is C15H17ClO3. The number of fused-ring (bicyclic) bond motifs is 2. The quantitative estimate of drug-likeness (QED) is 0.835. The van der Waals surface area contributed by atoms with Gasteiger partial charge in [-0.25, -0.2) is 0 Å². The molecule has 102 valence electrons. The van der Waals surface area contributed by atoms with Crippen LogP contribution in [0.3, 0.4) is 0 Å². The van der Waals surface area contributed by atoms with Gasteiger partial charge < -0.3 is 9.47 Å². The van der Waals surface area contributed by atoms with Gasteiger partial charge in [-0.3, -0.25) is 4.79 Å². The molecule has 0 bridgehead atoms. The molecule has 0 N–H and O–H groups in total. The van der Waals surface area contributed by atoms with Crippen molar-refractivity contribution in [2.24, 2.45) is 0 Å². The molecule has 2 heterocycles. The van der Waals surface area contributed by atoms with E-state index in [9.17, 15) is 4.79 Å². The van der Waals surface area contributed by atoms with Crippen LogP contribution in [0.2, 0.25) is 5.02 Å². The SMILES string of the molecule is CC(=O)Cc1c2c(c(Cl)c3c1OCCC3)OCCC2. The van der Waals surface area contributed by atoms with Crippen LogP contribution >= 0.6 is 11.6 Å². The van der Waals surface area contributed by atoms with Gasteiger partial charge in [0.15, 0.2) is 0 Å². The van der Waals surface area contributed by atoms with Gasteiger partial charge in [0.25, 0.3) is 0 Å². The van der Waals surface area contributed by atoms with Gasteiger partial charge in [0.2, 0.25) is 0 Å². The zero-order chi connectivity index (χ0) is 13.4. The fraction of sp³-hybridized carbons (Fsp3) is 0.533. The predicted molar refractivity (Wildman–Crippen MR) is 73.5 cm³/mol. The molecule has 0 radical (unpaired) electrons. The largest absolute Gasteiger partial charge is 0.493 e. The van der Waals surface area contributed by atoms with Crippen LogP contribution in [0, 0.1) is 0 Å². The van der Waals surface area contributed by atoms with Gasteiger partial charge in [-0.2, -0.15) is 0 Å². The van der Waals surface area contributed by atoms with E-state index in [4.69, 9.17) is 21.1 Å². The van der Waals surface area contributed by atoms with Crippen molar-refractivity contribution in [1.29, 1.82) is 0 Å². The summed E-state index contributed by atoms with van der Waals surface area (Å²) in [5.74, 6) is 1.77. The smallest absolute Gasteiger partial charge is 0.141 e. The Labute approximate surface area is 117 Å². The van der Waals surface area contributed by atoms with E-state index in [-0.39, 0.29) is 5.78 Å². The molecule has 3 nitrogen and oxygen atoms in total. The fourth-order valence-electron chi connectivity index (χ4n) is 2.92. The first-order valence-corrected chi connectivity index (χ1v) is 7.17. The van der Waals surface area contributed by atoms with Crippen LogP contribution in [-0.4, -0.2) is 19.0 Å². The summed E-state index contributed by atoms with van der Waals surface area (Å²) in [4.78, 5) is 11.5. The van der Waals surface area contributed by atoms with Crippen molar-refractivity contribution in [3.63, 3.8) is 0 Å². The van der Waals surface area contributed by atoms with Gasteiger partial charge >= 0.3 is 0 Å². The van der Waals surface area contributed by atoms with Crippen molar-refractivity contribution in [1.82, 2.24) is 0 Å². The maximum Gasteiger partial charge on any atom is 0.141 e. The van der Waals surface area contributed by atoms with Gasteiger partial charge in [-0.05, 0) is 32.6 Å². The van der Waals surface area contributed by atoms with E-state index in [1.165, 1.54) is 0 Å². The highest BCUT2D eigenvalue weighted by atomic mass is 35.5. The average molecular weight is 281 g/mol. The van der Waals surface area contributed by atoms with E-state index in [1.807, 2.05) is 0 Å². The van der Waals surface area contributed by atoms with Crippen molar-refractivity contribution in [2.75, 3.05) is 13.2 Å². The van der Waals surface area contributed by atoms with Crippen LogP contribution in [0.1, 0.15) is 36.5 Å². The number of carbonyl (C=O) groups is 1. The van der Waals surface area contributed by atoms with Crippen molar-refractivity contribution in [3.8, 4) is 11.5 Å². The number of hydrogen-bond acceptors (Lipinski definition) is 3. The molecule has 0 amide bonds. The zero-order valence-electron chi connectivity index (χ0n) is 11.1. The number of ketones is 1. The van der Waals surface area contributed by atoms with Gasteiger partial charge in [0.1, 0.15) is 17.3 Å². The summed E-state index contributed by atoms with van der Waals surface area (Å²) in [7, 11) is 0. The lowest BCUT2D eigenvalue weighted by Gasteiger charge is -2.28. The number of hydrogen-bond donors (Lipinski definition) is 0. The summed E-state index contributed by atoms with van der Waals surface area (Å²) < 4.78 is 11.6. The van der Waals surface area contributed by atoms with Gasteiger partial charge in [-0.15, -0.1) is 0 Å². The zero-order valence-corrected chi connectivity index (χ0v) is 11.8. The lowest BCUT2D eigenvalue weighted by Crippen LogP contribution is -2.18. The normalized spacial score (nSPS) is 16.9. The van der Waals surface area contributed by atoms with E-state index >= 15 is 0 Å². The van der Waals surface area contributed by atoms with Gasteiger partial charge in [0, 0.05) is 23.1 Å². The molecule has 0 saturated heterocycles. The highest BCUT2D eigenvalue weighted by Crippen LogP contribution is 2.46. The van der Waals surface area contributed by atoms with Crippen molar-refractivity contribution in [3.05, 3.63) is 21.7 Å². The molecule has 3 rings (SSSR count). The second-order valence-electron chi connectivity index (χ2n) is 5.19. The summed E-state index contributed by atoms with van der Waals surface area (Å²) in [5.41, 5.74) is 3.10. The average Bonchev–Trinajstić information content (AvgIpc) is 2.43. The Kier molecular flexibility index (Phi) is 3.40. The number of rotatable bonds is 2. The van der Waals surface area contributed by atoms with E-state index in [0.717, 1.165) is 53.9 Å². The van der Waals surface area contributed by atoms with E-state index in [2.05, 4.69) is 0 Å². The second kappa shape index (κ2) is 5.04. The first-order valence-electron chi connectivity index (χ1n) is 6.79. The third-order valence-electron chi connectivity index (χ3n) is 3.71. The second-order valence-corrected chi connectivity index (χ2v) is 5.57. The molecule has 0 aromatic heterocycles. The van der Waals surface area contributed by atoms with E-state index in [1.54, 1.807) is 6.92 Å². The first kappa shape index (κ1) is 12.8. The third-order valence-corrected chi connectivity index (χ3v) is 4.11. The van der Waals surface area contributed by atoms with E-state index < -0.39 is 0 Å². The monoisotopic (exact) mass is 280 g/mol. The Morgan fingerprint density at radius 1 is 1.11 bits per heavy atom. The van der Waals surface area contributed by atoms with Crippen LogP contribution in [0.25, 0.3) is 0 Å². The highest BCUT2D eigenvalue weighted by molar-refractivity contribution is 6.33. The fourth-order valence-corrected chi connectivity index (χ4v) is 3.27. The van der Waals surface area contributed by atoms with Gasteiger partial charge in [-0.1, -0.05) is 11.6 Å². The standard InChI is InChI=1S/C15H17ClO3/c1-9(17)8-12-10-4-2-7-19-15(10)13(16)11-5-3-6-18-14(11)12/h2-8H2,1H3. The summed E-state index contributed by atoms with van der Waals surface area (Å²) in [6.45, 7) is 3.01. The molecule has 19 heavy (non-hydrogen) atoms. The number of benzene rings is 1. The Hall–Kier alpha value is -1.22. The Balaban J connectivity index is 2.21. The Bertz CT molecular complexity index is 500. The molecule has 0 atom stereocenters. The molecule has 2 aliphatic rings. The third kappa shape index (κ3) is 2.20. The summed E-state index contributed by atoms with van der Waals surface area (Å²) in [6, 6.07) is 0. The number of ether oxygens (including phenoxy) is 2. The summed E-state index contributed by atoms with van der Waals surface area (Å²) in [5, 5.41) is 0.691. The molecule has 0 saturated carbocycles. The van der Waals surface area contributed by atoms with E-state index in [0.29, 0.717) is 24.7 Å². The maximum atomic E-state index is 11.5. The Morgan fingerprint density at radius 2 is 1.74 bits per heavy atom.